The van der Waals surface area contributed by atoms with Crippen molar-refractivity contribution in [1.82, 2.24) is 9.80 Å². The first-order chi connectivity index (χ1) is 18.7. The number of piperazine rings is 1. The third-order valence-electron chi connectivity index (χ3n) is 6.47. The Morgan fingerprint density at radius 2 is 1.74 bits per heavy atom. The summed E-state index contributed by atoms with van der Waals surface area (Å²) in [6.45, 7) is 5.37. The van der Waals surface area contributed by atoms with Crippen molar-refractivity contribution in [1.29, 1.82) is 0 Å². The Kier molecular flexibility index (Phi) is 8.51. The highest BCUT2D eigenvalue weighted by Crippen LogP contribution is 2.25. The lowest BCUT2D eigenvalue weighted by atomic mass is 10.1. The Labute approximate surface area is 224 Å². The summed E-state index contributed by atoms with van der Waals surface area (Å²) in [6, 6.07) is 11.7. The molecule has 39 heavy (non-hydrogen) atoms. The monoisotopic (exact) mass is 533 g/mol. The van der Waals surface area contributed by atoms with Gasteiger partial charge in [0.15, 0.2) is 0 Å². The number of hydrogen-bond donors (Lipinski definition) is 0. The Morgan fingerprint density at radius 1 is 1.05 bits per heavy atom. The van der Waals surface area contributed by atoms with Gasteiger partial charge < -0.3 is 4.90 Å². The van der Waals surface area contributed by atoms with Crippen molar-refractivity contribution in [2.75, 3.05) is 44.3 Å². The number of anilines is 1. The van der Waals surface area contributed by atoms with Gasteiger partial charge >= 0.3 is 0 Å². The van der Waals surface area contributed by atoms with E-state index in [0.29, 0.717) is 56.2 Å². The minimum atomic E-state index is -0.590. The normalized spacial score (nSPS) is 18.2. The molecule has 1 fully saturated rings. The Morgan fingerprint density at radius 3 is 2.41 bits per heavy atom. The maximum Gasteiger partial charge on any atom is 0.270 e. The van der Waals surface area contributed by atoms with Gasteiger partial charge in [-0.2, -0.15) is 10.1 Å². The van der Waals surface area contributed by atoms with Crippen molar-refractivity contribution in [3.8, 4) is 0 Å². The van der Waals surface area contributed by atoms with E-state index in [9.17, 15) is 29.8 Å². The predicted molar refractivity (Wildman–Crippen MR) is 146 cm³/mol. The zero-order valence-corrected chi connectivity index (χ0v) is 21.3. The molecule has 4 rings (SSSR count). The van der Waals surface area contributed by atoms with Crippen LogP contribution in [0.15, 0.2) is 64.7 Å². The summed E-state index contributed by atoms with van der Waals surface area (Å²) in [7, 11) is 0. The molecule has 2 amide bonds. The first kappa shape index (κ1) is 27.3. The molecule has 0 aromatic heterocycles. The second kappa shape index (κ2) is 12.2. The summed E-state index contributed by atoms with van der Waals surface area (Å²) in [5.41, 5.74) is 1.54. The number of amides is 2. The molecule has 0 bridgehead atoms. The van der Waals surface area contributed by atoms with Crippen molar-refractivity contribution in [2.45, 2.75) is 6.92 Å². The number of hydrazone groups is 1. The minimum absolute atomic E-state index is 0.0255. The van der Waals surface area contributed by atoms with E-state index in [1.165, 1.54) is 47.5 Å². The number of nitro benzene ring substituents is 2. The zero-order chi connectivity index (χ0) is 27.9. The summed E-state index contributed by atoms with van der Waals surface area (Å²) in [4.78, 5) is 54.5. The number of aliphatic imine (C=N–C) groups is 1. The van der Waals surface area contributed by atoms with E-state index in [1.807, 2.05) is 0 Å². The Bertz CT molecular complexity index is 1350. The van der Waals surface area contributed by atoms with Crippen molar-refractivity contribution in [3.05, 3.63) is 80.4 Å². The van der Waals surface area contributed by atoms with Crippen molar-refractivity contribution in [2.24, 2.45) is 16.0 Å². The molecule has 1 atom stereocenters. The fourth-order valence-electron chi connectivity index (χ4n) is 4.24. The van der Waals surface area contributed by atoms with Crippen LogP contribution < -0.4 is 5.01 Å². The molecule has 0 N–H and O–H groups in total. The third kappa shape index (κ3) is 6.76. The number of benzene rings is 2. The van der Waals surface area contributed by atoms with Crippen LogP contribution in [0, 0.1) is 26.1 Å². The highest BCUT2D eigenvalue weighted by Gasteiger charge is 2.33. The summed E-state index contributed by atoms with van der Waals surface area (Å²) < 4.78 is 0. The SMILES string of the molecule is CC1=NN(c2ccc([N+](=O)[O-])cc2)C(=O)[C@H]1C=NCCN1CCN(C(=O)/C=C/c2cccc([N+](=O)[O-])c2)CC1. The van der Waals surface area contributed by atoms with E-state index >= 15 is 0 Å². The lowest BCUT2D eigenvalue weighted by molar-refractivity contribution is -0.385. The molecule has 0 spiro atoms. The summed E-state index contributed by atoms with van der Waals surface area (Å²) in [5.74, 6) is -1.01. The quantitative estimate of drug-likeness (QED) is 0.208. The van der Waals surface area contributed by atoms with E-state index in [1.54, 1.807) is 36.2 Å². The van der Waals surface area contributed by atoms with Gasteiger partial charge in [-0.3, -0.25) is 39.7 Å². The third-order valence-corrected chi connectivity index (χ3v) is 6.47. The topological polar surface area (TPSA) is 155 Å². The van der Waals surface area contributed by atoms with Gasteiger partial charge in [-0.25, -0.2) is 0 Å². The van der Waals surface area contributed by atoms with Crippen molar-refractivity contribution < 1.29 is 19.4 Å². The summed E-state index contributed by atoms with van der Waals surface area (Å²) in [5, 5.41) is 27.3. The van der Waals surface area contributed by atoms with Gasteiger partial charge in [0.2, 0.25) is 5.91 Å². The van der Waals surface area contributed by atoms with E-state index in [0.717, 1.165) is 0 Å². The smallest absolute Gasteiger partial charge is 0.270 e. The number of non-ortho nitro benzene ring substituents is 2. The molecule has 2 aromatic rings. The molecule has 2 aliphatic rings. The fraction of sp³-hybridized carbons (Fsp3) is 0.308. The van der Waals surface area contributed by atoms with Gasteiger partial charge in [0.05, 0.1) is 27.8 Å². The molecular formula is C26H27N7O6. The molecule has 0 radical (unpaired) electrons. The first-order valence-electron chi connectivity index (χ1n) is 12.3. The van der Waals surface area contributed by atoms with Gasteiger partial charge in [-0.05, 0) is 30.7 Å². The predicted octanol–water partition coefficient (Wildman–Crippen LogP) is 2.77. The molecule has 2 heterocycles. The van der Waals surface area contributed by atoms with Crippen LogP contribution in [0.5, 0.6) is 0 Å². The number of carbonyl (C=O) groups excluding carboxylic acids is 2. The highest BCUT2D eigenvalue weighted by molar-refractivity contribution is 6.23. The maximum absolute atomic E-state index is 12.8. The van der Waals surface area contributed by atoms with Crippen LogP contribution in [0.2, 0.25) is 0 Å². The maximum atomic E-state index is 12.8. The van der Waals surface area contributed by atoms with Crippen LogP contribution in [0.25, 0.3) is 6.08 Å². The summed E-state index contributed by atoms with van der Waals surface area (Å²) >= 11 is 0. The lowest BCUT2D eigenvalue weighted by Crippen LogP contribution is -2.48. The molecular weight excluding hydrogens is 506 g/mol. The molecule has 0 unspecified atom stereocenters. The molecule has 0 saturated carbocycles. The van der Waals surface area contributed by atoms with Crippen LogP contribution in [-0.4, -0.2) is 82.7 Å². The van der Waals surface area contributed by atoms with Gasteiger partial charge in [0, 0.05) is 69.3 Å². The molecule has 13 heteroatoms. The number of rotatable bonds is 9. The van der Waals surface area contributed by atoms with E-state index in [4.69, 9.17) is 0 Å². The van der Waals surface area contributed by atoms with Gasteiger partial charge in [0.1, 0.15) is 5.92 Å². The first-order valence-corrected chi connectivity index (χ1v) is 12.3. The number of nitro groups is 2. The molecule has 2 aromatic carbocycles. The Balaban J connectivity index is 1.21. The van der Waals surface area contributed by atoms with Gasteiger partial charge in [-0.15, -0.1) is 0 Å². The highest BCUT2D eigenvalue weighted by atomic mass is 16.6. The van der Waals surface area contributed by atoms with Crippen LogP contribution in [0.3, 0.4) is 0 Å². The van der Waals surface area contributed by atoms with Gasteiger partial charge in [0.25, 0.3) is 17.3 Å². The fourth-order valence-corrected chi connectivity index (χ4v) is 4.24. The van der Waals surface area contributed by atoms with Crippen LogP contribution in [-0.2, 0) is 9.59 Å². The standard InChI is InChI=1S/C26H27N7O6/c1-19-24(26(35)31(28-19)21-6-8-22(9-7-21)32(36)37)18-27-11-12-29-13-15-30(16-14-29)25(34)10-5-20-3-2-4-23(17-20)33(38)39/h2-10,17-18,24H,11-16H2,1H3/b10-5+,27-18?/t24-/m0/s1. The summed E-state index contributed by atoms with van der Waals surface area (Å²) in [6.07, 6.45) is 4.60. The molecule has 1 saturated heterocycles. The van der Waals surface area contributed by atoms with Crippen LogP contribution in [0.1, 0.15) is 12.5 Å². The lowest BCUT2D eigenvalue weighted by Gasteiger charge is -2.33. The van der Waals surface area contributed by atoms with E-state index in [2.05, 4.69) is 15.0 Å². The average molecular weight is 534 g/mol. The largest absolute Gasteiger partial charge is 0.337 e. The Hall–Kier alpha value is -4.78. The number of hydrogen-bond acceptors (Lipinski definition) is 9. The second-order valence-electron chi connectivity index (χ2n) is 9.05. The second-order valence-corrected chi connectivity index (χ2v) is 9.05. The molecule has 2 aliphatic heterocycles. The van der Waals surface area contributed by atoms with E-state index < -0.39 is 15.8 Å². The van der Waals surface area contributed by atoms with Crippen molar-refractivity contribution >= 4 is 46.9 Å². The van der Waals surface area contributed by atoms with E-state index in [-0.39, 0.29) is 23.2 Å². The van der Waals surface area contributed by atoms with Crippen molar-refractivity contribution in [3.63, 3.8) is 0 Å². The van der Waals surface area contributed by atoms with Gasteiger partial charge in [-0.1, -0.05) is 12.1 Å². The zero-order valence-electron chi connectivity index (χ0n) is 21.3. The molecule has 13 nitrogen and oxygen atoms in total. The number of nitrogens with zero attached hydrogens (tertiary/aromatic N) is 7. The average Bonchev–Trinajstić information content (AvgIpc) is 3.23. The minimum Gasteiger partial charge on any atom is -0.337 e. The van der Waals surface area contributed by atoms with Crippen LogP contribution >= 0.6 is 0 Å². The van der Waals surface area contributed by atoms with Crippen LogP contribution in [0.4, 0.5) is 17.1 Å². The molecule has 0 aliphatic carbocycles. The number of carbonyl (C=O) groups is 2. The molecule has 202 valence electrons.